The minimum Gasteiger partial charge on any atom is -0.497 e. The maximum atomic E-state index is 11.6. The second-order valence-electron chi connectivity index (χ2n) is 5.35. The van der Waals surface area contributed by atoms with Crippen LogP contribution in [0.15, 0.2) is 24.3 Å². The van der Waals surface area contributed by atoms with Gasteiger partial charge in [-0.05, 0) is 30.5 Å². The zero-order valence-electron chi connectivity index (χ0n) is 10.8. The lowest BCUT2D eigenvalue weighted by Gasteiger charge is -2.33. The summed E-state index contributed by atoms with van der Waals surface area (Å²) in [5.41, 5.74) is 1.31. The van der Waals surface area contributed by atoms with Gasteiger partial charge in [0.15, 0.2) is 0 Å². The van der Waals surface area contributed by atoms with Crippen LogP contribution in [0, 0.1) is 0 Å². The van der Waals surface area contributed by atoms with Gasteiger partial charge in [0.25, 0.3) is 0 Å². The number of carbonyl (C=O) groups excluding carboxylic acids is 1. The Hall–Kier alpha value is -1.35. The van der Waals surface area contributed by atoms with Gasteiger partial charge in [0.2, 0.25) is 0 Å². The summed E-state index contributed by atoms with van der Waals surface area (Å²) in [4.78, 5) is 14.1. The maximum Gasteiger partial charge on any atom is 0.136 e. The molecule has 0 aromatic heterocycles. The van der Waals surface area contributed by atoms with E-state index in [1.165, 1.54) is 18.4 Å². The van der Waals surface area contributed by atoms with E-state index in [0.717, 1.165) is 25.1 Å². The molecule has 18 heavy (non-hydrogen) atoms. The number of methoxy groups -OCH3 is 1. The predicted octanol–water partition coefficient (Wildman–Crippen LogP) is 2.39. The van der Waals surface area contributed by atoms with Crippen molar-refractivity contribution in [3.8, 4) is 5.75 Å². The normalized spacial score (nSPS) is 27.5. The van der Waals surface area contributed by atoms with Crippen molar-refractivity contribution in [2.24, 2.45) is 0 Å². The lowest BCUT2D eigenvalue weighted by atomic mass is 10.0. The molecule has 2 heterocycles. The largest absolute Gasteiger partial charge is 0.497 e. The third kappa shape index (κ3) is 2.15. The van der Waals surface area contributed by atoms with Crippen LogP contribution in [0.2, 0.25) is 0 Å². The lowest BCUT2D eigenvalue weighted by molar-refractivity contribution is -0.123. The van der Waals surface area contributed by atoms with E-state index in [1.807, 2.05) is 12.1 Å². The molecule has 2 saturated heterocycles. The number of benzene rings is 1. The van der Waals surface area contributed by atoms with Gasteiger partial charge < -0.3 is 4.74 Å². The summed E-state index contributed by atoms with van der Waals surface area (Å²) in [6, 6.07) is 9.22. The van der Waals surface area contributed by atoms with Crippen molar-refractivity contribution < 1.29 is 9.53 Å². The summed E-state index contributed by atoms with van der Waals surface area (Å²) in [6.45, 7) is 0.965. The fourth-order valence-electron chi connectivity index (χ4n) is 3.26. The van der Waals surface area contributed by atoms with Crippen LogP contribution in [0.3, 0.4) is 0 Å². The Morgan fingerprint density at radius 2 is 1.78 bits per heavy atom. The van der Waals surface area contributed by atoms with Crippen LogP contribution in [-0.2, 0) is 11.3 Å². The van der Waals surface area contributed by atoms with E-state index >= 15 is 0 Å². The molecular weight excluding hydrogens is 226 g/mol. The molecule has 2 bridgehead atoms. The summed E-state index contributed by atoms with van der Waals surface area (Å²) in [7, 11) is 1.69. The summed E-state index contributed by atoms with van der Waals surface area (Å²) in [5.74, 6) is 1.35. The Morgan fingerprint density at radius 1 is 1.17 bits per heavy atom. The van der Waals surface area contributed by atoms with Crippen LogP contribution in [0.4, 0.5) is 0 Å². The number of piperidine rings is 1. The van der Waals surface area contributed by atoms with Gasteiger partial charge in [-0.15, -0.1) is 0 Å². The van der Waals surface area contributed by atoms with Crippen LogP contribution in [-0.4, -0.2) is 29.9 Å². The Labute approximate surface area is 108 Å². The van der Waals surface area contributed by atoms with Gasteiger partial charge >= 0.3 is 0 Å². The third-order valence-corrected chi connectivity index (χ3v) is 4.22. The van der Waals surface area contributed by atoms with Crippen LogP contribution in [0.5, 0.6) is 5.75 Å². The van der Waals surface area contributed by atoms with Crippen molar-refractivity contribution in [2.75, 3.05) is 7.11 Å². The second-order valence-corrected chi connectivity index (χ2v) is 5.35. The van der Waals surface area contributed by atoms with Crippen molar-refractivity contribution in [1.29, 1.82) is 0 Å². The first-order chi connectivity index (χ1) is 8.76. The Kier molecular flexibility index (Phi) is 3.08. The summed E-state index contributed by atoms with van der Waals surface area (Å²) in [6.07, 6.45) is 3.89. The molecule has 2 aliphatic heterocycles. The van der Waals surface area contributed by atoms with Gasteiger partial charge in [0, 0.05) is 31.5 Å². The number of hydrogen-bond acceptors (Lipinski definition) is 3. The molecule has 0 N–H and O–H groups in total. The van der Waals surface area contributed by atoms with Gasteiger partial charge in [0.05, 0.1) is 7.11 Å². The van der Waals surface area contributed by atoms with Crippen molar-refractivity contribution in [3.05, 3.63) is 29.8 Å². The van der Waals surface area contributed by atoms with E-state index in [0.29, 0.717) is 17.9 Å². The molecule has 2 aliphatic rings. The van der Waals surface area contributed by atoms with E-state index in [1.54, 1.807) is 7.11 Å². The molecule has 2 atom stereocenters. The van der Waals surface area contributed by atoms with Gasteiger partial charge in [-0.25, -0.2) is 0 Å². The molecule has 1 aromatic rings. The van der Waals surface area contributed by atoms with Crippen LogP contribution in [0.25, 0.3) is 0 Å². The number of fused-ring (bicyclic) bond motifs is 2. The number of nitrogens with zero attached hydrogens (tertiary/aromatic N) is 1. The Balaban J connectivity index is 1.71. The molecule has 3 rings (SSSR count). The first-order valence-electron chi connectivity index (χ1n) is 6.66. The molecule has 0 aliphatic carbocycles. The minimum atomic E-state index is 0.452. The summed E-state index contributed by atoms with van der Waals surface area (Å²) < 4.78 is 5.17. The monoisotopic (exact) mass is 245 g/mol. The SMILES string of the molecule is COc1ccc(CN2[C@@H]3CC[C@H]2CC(=O)C3)cc1. The summed E-state index contributed by atoms with van der Waals surface area (Å²) in [5, 5.41) is 0. The van der Waals surface area contributed by atoms with E-state index in [9.17, 15) is 4.79 Å². The molecule has 0 unspecified atom stereocenters. The van der Waals surface area contributed by atoms with Gasteiger partial charge in [-0.2, -0.15) is 0 Å². The van der Waals surface area contributed by atoms with Crippen LogP contribution < -0.4 is 4.74 Å². The van der Waals surface area contributed by atoms with E-state index in [-0.39, 0.29) is 0 Å². The molecule has 1 aromatic carbocycles. The smallest absolute Gasteiger partial charge is 0.136 e. The highest BCUT2D eigenvalue weighted by Gasteiger charge is 2.39. The number of hydrogen-bond donors (Lipinski definition) is 0. The molecule has 3 heteroatoms. The highest BCUT2D eigenvalue weighted by Crippen LogP contribution is 2.35. The molecule has 0 saturated carbocycles. The number of ether oxygens (including phenoxy) is 1. The van der Waals surface area contributed by atoms with Crippen molar-refractivity contribution in [1.82, 2.24) is 4.90 Å². The molecule has 2 fully saturated rings. The van der Waals surface area contributed by atoms with E-state index < -0.39 is 0 Å². The number of rotatable bonds is 3. The first kappa shape index (κ1) is 11.7. The second kappa shape index (κ2) is 4.73. The quantitative estimate of drug-likeness (QED) is 0.819. The molecule has 3 nitrogen and oxygen atoms in total. The van der Waals surface area contributed by atoms with Crippen LogP contribution >= 0.6 is 0 Å². The average Bonchev–Trinajstić information content (AvgIpc) is 2.62. The number of carbonyl (C=O) groups is 1. The van der Waals surface area contributed by atoms with Crippen molar-refractivity contribution in [3.63, 3.8) is 0 Å². The molecule has 96 valence electrons. The Bertz CT molecular complexity index is 424. The standard InChI is InChI=1S/C15H19NO2/c1-18-15-6-2-11(3-7-15)10-16-12-4-5-13(16)9-14(17)8-12/h2-3,6-7,12-13H,4-5,8-10H2,1H3/t12-,13+. The third-order valence-electron chi connectivity index (χ3n) is 4.22. The summed E-state index contributed by atoms with van der Waals surface area (Å²) >= 11 is 0. The number of Topliss-reactive ketones (excluding diaryl/α,β-unsaturated/α-hetero) is 1. The van der Waals surface area contributed by atoms with Gasteiger partial charge in [-0.1, -0.05) is 12.1 Å². The highest BCUT2D eigenvalue weighted by molar-refractivity contribution is 5.80. The molecule has 0 amide bonds. The predicted molar refractivity (Wildman–Crippen MR) is 69.6 cm³/mol. The van der Waals surface area contributed by atoms with Gasteiger partial charge in [-0.3, -0.25) is 9.69 Å². The van der Waals surface area contributed by atoms with E-state index in [4.69, 9.17) is 4.74 Å². The highest BCUT2D eigenvalue weighted by atomic mass is 16.5. The van der Waals surface area contributed by atoms with Crippen LogP contribution in [0.1, 0.15) is 31.2 Å². The fourth-order valence-corrected chi connectivity index (χ4v) is 3.26. The topological polar surface area (TPSA) is 29.5 Å². The first-order valence-corrected chi connectivity index (χ1v) is 6.66. The zero-order valence-corrected chi connectivity index (χ0v) is 10.8. The minimum absolute atomic E-state index is 0.452. The molecule has 0 radical (unpaired) electrons. The molecular formula is C15H19NO2. The fraction of sp³-hybridized carbons (Fsp3) is 0.533. The van der Waals surface area contributed by atoms with Crippen molar-refractivity contribution >= 4 is 5.78 Å². The Morgan fingerprint density at radius 3 is 2.33 bits per heavy atom. The molecule has 0 spiro atoms. The van der Waals surface area contributed by atoms with E-state index in [2.05, 4.69) is 17.0 Å². The number of ketones is 1. The lowest BCUT2D eigenvalue weighted by Crippen LogP contribution is -2.42. The zero-order chi connectivity index (χ0) is 12.5. The maximum absolute atomic E-state index is 11.6. The van der Waals surface area contributed by atoms with Gasteiger partial charge in [0.1, 0.15) is 11.5 Å². The average molecular weight is 245 g/mol. The van der Waals surface area contributed by atoms with Crippen molar-refractivity contribution in [2.45, 2.75) is 44.3 Å².